The monoisotopic (exact) mass is 219 g/mol. The van der Waals surface area contributed by atoms with Gasteiger partial charge in [0.2, 0.25) is 5.91 Å². The molecule has 0 bridgehead atoms. The molecule has 0 rings (SSSR count). The molecule has 2 unspecified atom stereocenters. The normalized spacial score (nSPS) is 14.7. The highest BCUT2D eigenvalue weighted by molar-refractivity contribution is 5.75. The molecule has 5 heteroatoms. The molecule has 15 heavy (non-hydrogen) atoms. The molecule has 0 radical (unpaired) electrons. The lowest BCUT2D eigenvalue weighted by atomic mass is 10.2. The Morgan fingerprint density at radius 2 is 2.13 bits per heavy atom. The molecule has 5 nitrogen and oxygen atoms in total. The molecule has 2 atom stereocenters. The van der Waals surface area contributed by atoms with Crippen molar-refractivity contribution < 1.29 is 19.4 Å². The molecule has 90 valence electrons. The summed E-state index contributed by atoms with van der Waals surface area (Å²) in [6.45, 7) is 2.55. The molecular formula is C10H21NO4. The van der Waals surface area contributed by atoms with Crippen molar-refractivity contribution in [3.05, 3.63) is 0 Å². The summed E-state index contributed by atoms with van der Waals surface area (Å²) in [5, 5.41) is 11.7. The van der Waals surface area contributed by atoms with E-state index in [0.717, 1.165) is 0 Å². The van der Waals surface area contributed by atoms with E-state index in [0.29, 0.717) is 26.0 Å². The Morgan fingerprint density at radius 1 is 1.47 bits per heavy atom. The molecule has 0 aliphatic carbocycles. The summed E-state index contributed by atoms with van der Waals surface area (Å²) < 4.78 is 9.99. The van der Waals surface area contributed by atoms with E-state index in [1.54, 1.807) is 21.1 Å². The van der Waals surface area contributed by atoms with Gasteiger partial charge in [-0.25, -0.2) is 0 Å². The van der Waals surface area contributed by atoms with Crippen molar-refractivity contribution in [3.63, 3.8) is 0 Å². The van der Waals surface area contributed by atoms with Gasteiger partial charge in [-0.3, -0.25) is 4.79 Å². The second-order valence-electron chi connectivity index (χ2n) is 3.50. The van der Waals surface area contributed by atoms with Crippen molar-refractivity contribution in [2.75, 3.05) is 27.4 Å². The zero-order valence-electron chi connectivity index (χ0n) is 9.66. The number of carbonyl (C=O) groups excluding carboxylic acids is 1. The van der Waals surface area contributed by atoms with E-state index in [2.05, 4.69) is 5.32 Å². The molecule has 2 N–H and O–H groups in total. The van der Waals surface area contributed by atoms with E-state index < -0.39 is 6.10 Å². The van der Waals surface area contributed by atoms with Gasteiger partial charge in [-0.15, -0.1) is 0 Å². The Morgan fingerprint density at radius 3 is 2.60 bits per heavy atom. The SMILES string of the molecule is COCC(CNC(=O)CCC(C)O)OC. The highest BCUT2D eigenvalue weighted by atomic mass is 16.5. The summed E-state index contributed by atoms with van der Waals surface area (Å²) in [5.41, 5.74) is 0. The van der Waals surface area contributed by atoms with Gasteiger partial charge in [0.25, 0.3) is 0 Å². The van der Waals surface area contributed by atoms with Crippen molar-refractivity contribution in [1.29, 1.82) is 0 Å². The molecule has 0 aromatic heterocycles. The minimum Gasteiger partial charge on any atom is -0.393 e. The Balaban J connectivity index is 3.59. The van der Waals surface area contributed by atoms with E-state index in [-0.39, 0.29) is 12.0 Å². The van der Waals surface area contributed by atoms with Crippen LogP contribution in [0.4, 0.5) is 0 Å². The van der Waals surface area contributed by atoms with Crippen LogP contribution in [0.15, 0.2) is 0 Å². The fraction of sp³-hybridized carbons (Fsp3) is 0.900. The van der Waals surface area contributed by atoms with Crippen molar-refractivity contribution in [2.45, 2.75) is 32.0 Å². The molecule has 0 fully saturated rings. The predicted molar refractivity (Wildman–Crippen MR) is 56.6 cm³/mol. The van der Waals surface area contributed by atoms with Crippen LogP contribution < -0.4 is 5.32 Å². The van der Waals surface area contributed by atoms with Gasteiger partial charge in [-0.2, -0.15) is 0 Å². The summed E-state index contributed by atoms with van der Waals surface area (Å²) in [5.74, 6) is -0.0750. The van der Waals surface area contributed by atoms with E-state index in [1.165, 1.54) is 0 Å². The quantitative estimate of drug-likeness (QED) is 0.599. The number of ether oxygens (including phenoxy) is 2. The molecule has 1 amide bonds. The van der Waals surface area contributed by atoms with Crippen LogP contribution in [0, 0.1) is 0 Å². The Hall–Kier alpha value is -0.650. The van der Waals surface area contributed by atoms with Crippen LogP contribution in [0.1, 0.15) is 19.8 Å². The Kier molecular flexibility index (Phi) is 8.27. The van der Waals surface area contributed by atoms with Crippen molar-refractivity contribution in [1.82, 2.24) is 5.32 Å². The first-order valence-electron chi connectivity index (χ1n) is 5.06. The number of carbonyl (C=O) groups is 1. The zero-order chi connectivity index (χ0) is 11.7. The third-order valence-corrected chi connectivity index (χ3v) is 2.00. The number of hydrogen-bond donors (Lipinski definition) is 2. The number of aliphatic hydroxyl groups excluding tert-OH is 1. The molecule has 0 saturated heterocycles. The first-order chi connectivity index (χ1) is 7.10. The Labute approximate surface area is 90.8 Å². The number of aliphatic hydroxyl groups is 1. The van der Waals surface area contributed by atoms with Crippen LogP contribution in [0.25, 0.3) is 0 Å². The standard InChI is InChI=1S/C10H21NO4/c1-8(12)4-5-10(13)11-6-9(15-3)7-14-2/h8-9,12H,4-7H2,1-3H3,(H,11,13). The fourth-order valence-corrected chi connectivity index (χ4v) is 1.05. The summed E-state index contributed by atoms with van der Waals surface area (Å²) in [6.07, 6.45) is 0.257. The van der Waals surface area contributed by atoms with Crippen molar-refractivity contribution >= 4 is 5.91 Å². The van der Waals surface area contributed by atoms with Crippen LogP contribution in [-0.2, 0) is 14.3 Å². The van der Waals surface area contributed by atoms with Crippen LogP contribution in [0.5, 0.6) is 0 Å². The van der Waals surface area contributed by atoms with Gasteiger partial charge in [-0.1, -0.05) is 0 Å². The van der Waals surface area contributed by atoms with Crippen LogP contribution in [-0.4, -0.2) is 50.6 Å². The highest BCUT2D eigenvalue weighted by Crippen LogP contribution is 1.96. The number of methoxy groups -OCH3 is 2. The molecule has 0 aromatic carbocycles. The van der Waals surface area contributed by atoms with Gasteiger partial charge in [-0.05, 0) is 13.3 Å². The summed E-state index contributed by atoms with van der Waals surface area (Å²) in [4.78, 5) is 11.3. The molecule has 0 heterocycles. The summed E-state index contributed by atoms with van der Waals surface area (Å²) in [6, 6.07) is 0. The third kappa shape index (κ3) is 8.35. The minimum absolute atomic E-state index is 0.0750. The lowest BCUT2D eigenvalue weighted by Gasteiger charge is -2.15. The average molecular weight is 219 g/mol. The number of hydrogen-bond acceptors (Lipinski definition) is 4. The van der Waals surface area contributed by atoms with Gasteiger partial charge < -0.3 is 19.9 Å². The lowest BCUT2D eigenvalue weighted by molar-refractivity contribution is -0.122. The molecule has 0 aliphatic rings. The minimum atomic E-state index is -0.437. The maximum absolute atomic E-state index is 11.3. The number of nitrogens with one attached hydrogen (secondary N) is 1. The Bertz CT molecular complexity index is 173. The van der Waals surface area contributed by atoms with E-state index in [1.807, 2.05) is 0 Å². The van der Waals surface area contributed by atoms with E-state index in [4.69, 9.17) is 14.6 Å². The molecule has 0 spiro atoms. The highest BCUT2D eigenvalue weighted by Gasteiger charge is 2.09. The lowest BCUT2D eigenvalue weighted by Crippen LogP contribution is -2.35. The topological polar surface area (TPSA) is 67.8 Å². The van der Waals surface area contributed by atoms with Crippen LogP contribution in [0.3, 0.4) is 0 Å². The van der Waals surface area contributed by atoms with E-state index in [9.17, 15) is 4.79 Å². The second kappa shape index (κ2) is 8.64. The fourth-order valence-electron chi connectivity index (χ4n) is 1.05. The third-order valence-electron chi connectivity index (χ3n) is 2.00. The van der Waals surface area contributed by atoms with Gasteiger partial charge in [0.05, 0.1) is 18.8 Å². The van der Waals surface area contributed by atoms with Crippen LogP contribution in [0.2, 0.25) is 0 Å². The largest absolute Gasteiger partial charge is 0.393 e. The smallest absolute Gasteiger partial charge is 0.220 e. The van der Waals surface area contributed by atoms with Crippen molar-refractivity contribution in [2.24, 2.45) is 0 Å². The number of amides is 1. The zero-order valence-corrected chi connectivity index (χ0v) is 9.66. The maximum atomic E-state index is 11.3. The maximum Gasteiger partial charge on any atom is 0.220 e. The molecule has 0 aromatic rings. The first kappa shape index (κ1) is 14.3. The predicted octanol–water partition coefficient (Wildman–Crippen LogP) is -0.0750. The second-order valence-corrected chi connectivity index (χ2v) is 3.50. The van der Waals surface area contributed by atoms with Gasteiger partial charge in [0.1, 0.15) is 0 Å². The van der Waals surface area contributed by atoms with Crippen molar-refractivity contribution in [3.8, 4) is 0 Å². The first-order valence-corrected chi connectivity index (χ1v) is 5.06. The average Bonchev–Trinajstić information content (AvgIpc) is 2.21. The molecule has 0 aliphatic heterocycles. The van der Waals surface area contributed by atoms with Gasteiger partial charge >= 0.3 is 0 Å². The van der Waals surface area contributed by atoms with Gasteiger partial charge in [0, 0.05) is 27.2 Å². The van der Waals surface area contributed by atoms with Crippen LogP contribution >= 0.6 is 0 Å². The summed E-state index contributed by atoms with van der Waals surface area (Å²) >= 11 is 0. The molecular weight excluding hydrogens is 198 g/mol. The molecule has 0 saturated carbocycles. The van der Waals surface area contributed by atoms with E-state index >= 15 is 0 Å². The summed E-state index contributed by atoms with van der Waals surface area (Å²) in [7, 11) is 3.16. The van der Waals surface area contributed by atoms with Gasteiger partial charge in [0.15, 0.2) is 0 Å². The number of rotatable bonds is 8.